The summed E-state index contributed by atoms with van der Waals surface area (Å²) in [6.45, 7) is 17.7. The molecule has 4 fully saturated rings. The highest BCUT2D eigenvalue weighted by Gasteiger charge is 2.58. The normalized spacial score (nSPS) is 48.7. The van der Waals surface area contributed by atoms with Crippen molar-refractivity contribution in [3.05, 3.63) is 24.3 Å². The van der Waals surface area contributed by atoms with E-state index in [1.807, 2.05) is 27.7 Å². The van der Waals surface area contributed by atoms with Gasteiger partial charge in [-0.25, -0.2) is 0 Å². The van der Waals surface area contributed by atoms with E-state index in [1.165, 1.54) is 0 Å². The quantitative estimate of drug-likeness (QED) is 0.621. The van der Waals surface area contributed by atoms with Crippen LogP contribution in [0.3, 0.4) is 0 Å². The molecule has 4 saturated heterocycles. The van der Waals surface area contributed by atoms with E-state index in [0.29, 0.717) is 22.6 Å². The number of hydrogen-bond acceptors (Lipinski definition) is 4. The fourth-order valence-electron chi connectivity index (χ4n) is 6.28. The van der Waals surface area contributed by atoms with Crippen LogP contribution in [-0.2, 0) is 18.9 Å². The molecule has 4 heterocycles. The Morgan fingerprint density at radius 2 is 0.833 bits per heavy atom. The second-order valence-electron chi connectivity index (χ2n) is 10.4. The van der Waals surface area contributed by atoms with Crippen molar-refractivity contribution in [3.63, 3.8) is 0 Å². The molecule has 0 aromatic heterocycles. The monoisotopic (exact) mass is 450 g/mol. The lowest BCUT2D eigenvalue weighted by molar-refractivity contribution is -0.147. The van der Waals surface area contributed by atoms with E-state index in [1.54, 1.807) is 10.6 Å². The average molecular weight is 450 g/mol. The van der Waals surface area contributed by atoms with Crippen LogP contribution in [-0.4, -0.2) is 58.6 Å². The lowest BCUT2D eigenvalue weighted by atomic mass is 10.1. The Bertz CT molecular complexity index is 720. The molecule has 4 nitrogen and oxygen atoms in total. The Morgan fingerprint density at radius 1 is 0.567 bits per heavy atom. The Balaban J connectivity index is 1.48. The SMILES string of the molecule is CC1C2OC(C)(C)O[C@@H]2C(C)P1c1ccccc1P1C(C)[C@H]2OC(C)(C)OC2[C@@H]1C. The van der Waals surface area contributed by atoms with E-state index < -0.39 is 11.6 Å². The summed E-state index contributed by atoms with van der Waals surface area (Å²) in [5, 5.41) is 3.13. The first-order chi connectivity index (χ1) is 14.0. The first-order valence-electron chi connectivity index (χ1n) is 11.4. The molecule has 6 heteroatoms. The minimum Gasteiger partial charge on any atom is -0.344 e. The van der Waals surface area contributed by atoms with Gasteiger partial charge in [-0.05, 0) is 38.3 Å². The van der Waals surface area contributed by atoms with E-state index in [-0.39, 0.29) is 40.3 Å². The Morgan fingerprint density at radius 3 is 1.10 bits per heavy atom. The van der Waals surface area contributed by atoms with E-state index in [4.69, 9.17) is 18.9 Å². The first-order valence-corrected chi connectivity index (χ1v) is 14.3. The molecule has 30 heavy (non-hydrogen) atoms. The predicted octanol–water partition coefficient (Wildman–Crippen LogP) is 4.52. The van der Waals surface area contributed by atoms with Crippen LogP contribution >= 0.6 is 15.8 Å². The molecule has 7 unspecified atom stereocenters. The summed E-state index contributed by atoms with van der Waals surface area (Å²) in [4.78, 5) is 0. The van der Waals surface area contributed by atoms with Crippen molar-refractivity contribution in [2.45, 2.75) is 114 Å². The van der Waals surface area contributed by atoms with Gasteiger partial charge >= 0.3 is 0 Å². The molecule has 5 rings (SSSR count). The molecular weight excluding hydrogens is 414 g/mol. The minimum absolute atomic E-state index is 0.201. The van der Waals surface area contributed by atoms with Gasteiger partial charge in [-0.2, -0.15) is 0 Å². The molecule has 4 aliphatic rings. The summed E-state index contributed by atoms with van der Waals surface area (Å²) in [6, 6.07) is 9.22. The molecule has 0 aliphatic carbocycles. The lowest BCUT2D eigenvalue weighted by Crippen LogP contribution is -2.34. The molecule has 0 spiro atoms. The third kappa shape index (κ3) is 3.25. The van der Waals surface area contributed by atoms with Crippen LogP contribution in [0.5, 0.6) is 0 Å². The van der Waals surface area contributed by atoms with Gasteiger partial charge in [0.05, 0.1) is 24.4 Å². The number of fused-ring (bicyclic) bond motifs is 2. The molecule has 0 amide bonds. The maximum absolute atomic E-state index is 6.36. The van der Waals surface area contributed by atoms with Gasteiger partial charge in [0.1, 0.15) is 0 Å². The third-order valence-corrected chi connectivity index (χ3v) is 14.2. The molecule has 4 aliphatic heterocycles. The van der Waals surface area contributed by atoms with Crippen molar-refractivity contribution < 1.29 is 18.9 Å². The fourth-order valence-corrected chi connectivity index (χ4v) is 13.6. The Labute approximate surface area is 183 Å². The van der Waals surface area contributed by atoms with Crippen LogP contribution in [0.2, 0.25) is 0 Å². The fraction of sp³-hybridized carbons (Fsp3) is 0.750. The van der Waals surface area contributed by atoms with Crippen LogP contribution in [0.4, 0.5) is 0 Å². The van der Waals surface area contributed by atoms with Crippen LogP contribution in [0.15, 0.2) is 24.3 Å². The number of rotatable bonds is 2. The van der Waals surface area contributed by atoms with Crippen molar-refractivity contribution in [1.29, 1.82) is 0 Å². The molecule has 1 aromatic rings. The number of benzene rings is 1. The van der Waals surface area contributed by atoms with Gasteiger partial charge in [-0.1, -0.05) is 67.8 Å². The van der Waals surface area contributed by atoms with Crippen molar-refractivity contribution in [1.82, 2.24) is 0 Å². The van der Waals surface area contributed by atoms with Crippen molar-refractivity contribution in [2.75, 3.05) is 0 Å². The van der Waals surface area contributed by atoms with Gasteiger partial charge in [-0.3, -0.25) is 0 Å². The molecule has 10 atom stereocenters. The predicted molar refractivity (Wildman–Crippen MR) is 125 cm³/mol. The van der Waals surface area contributed by atoms with Crippen molar-refractivity contribution in [2.24, 2.45) is 0 Å². The number of hydrogen-bond donors (Lipinski definition) is 0. The van der Waals surface area contributed by atoms with Gasteiger partial charge in [-0.15, -0.1) is 0 Å². The first kappa shape index (κ1) is 21.7. The summed E-state index contributed by atoms with van der Waals surface area (Å²) < 4.78 is 25.4. The summed E-state index contributed by atoms with van der Waals surface area (Å²) in [5.74, 6) is -0.924. The van der Waals surface area contributed by atoms with E-state index >= 15 is 0 Å². The molecule has 1 aromatic carbocycles. The minimum atomic E-state index is -0.462. The van der Waals surface area contributed by atoms with Gasteiger partial charge in [0.15, 0.2) is 11.6 Å². The average Bonchev–Trinajstić information content (AvgIpc) is 3.29. The largest absolute Gasteiger partial charge is 0.344 e. The van der Waals surface area contributed by atoms with Crippen molar-refractivity contribution in [3.8, 4) is 0 Å². The van der Waals surface area contributed by atoms with Gasteiger partial charge in [0, 0.05) is 22.6 Å². The topological polar surface area (TPSA) is 36.9 Å². The Kier molecular flexibility index (Phi) is 5.23. The zero-order valence-corrected chi connectivity index (χ0v) is 21.2. The zero-order valence-electron chi connectivity index (χ0n) is 19.5. The van der Waals surface area contributed by atoms with Gasteiger partial charge < -0.3 is 18.9 Å². The molecular formula is C24H36O4P2. The molecule has 166 valence electrons. The van der Waals surface area contributed by atoms with Crippen LogP contribution in [0.25, 0.3) is 0 Å². The zero-order chi connectivity index (χ0) is 21.6. The summed E-state index contributed by atoms with van der Waals surface area (Å²) in [7, 11) is -0.723. The Hall–Kier alpha value is -0.0800. The molecule has 0 saturated carbocycles. The van der Waals surface area contributed by atoms with E-state index in [0.717, 1.165) is 0 Å². The maximum atomic E-state index is 6.36. The standard InChI is InChI=1S/C24H36O4P2/c1-13-19-20(26-23(5,6)25-19)14(2)29(13)17-11-9-10-12-18(17)30-15(3)21-22(16(30)4)28-24(7,8)27-21/h9-16,19-22H,1-8H3/t13-,14?,15?,16?,19?,20+,21+,22?,29?,30?/m0/s1. The van der Waals surface area contributed by atoms with Gasteiger partial charge in [0.25, 0.3) is 0 Å². The maximum Gasteiger partial charge on any atom is 0.163 e. The molecule has 0 bridgehead atoms. The number of ether oxygens (including phenoxy) is 4. The summed E-state index contributed by atoms with van der Waals surface area (Å²) >= 11 is 0. The highest BCUT2D eigenvalue weighted by Crippen LogP contribution is 2.63. The molecule has 0 N–H and O–H groups in total. The van der Waals surface area contributed by atoms with Crippen molar-refractivity contribution >= 4 is 26.5 Å². The highest BCUT2D eigenvalue weighted by atomic mass is 31.1. The van der Waals surface area contributed by atoms with Crippen LogP contribution in [0, 0.1) is 0 Å². The third-order valence-electron chi connectivity index (χ3n) is 7.42. The lowest BCUT2D eigenvalue weighted by Gasteiger charge is -2.33. The second-order valence-corrected chi connectivity index (χ2v) is 16.2. The van der Waals surface area contributed by atoms with Crippen LogP contribution in [0.1, 0.15) is 55.4 Å². The summed E-state index contributed by atoms with van der Waals surface area (Å²) in [6.07, 6.45) is 0.805. The second kappa shape index (κ2) is 7.21. The van der Waals surface area contributed by atoms with Gasteiger partial charge in [0.2, 0.25) is 0 Å². The smallest absolute Gasteiger partial charge is 0.163 e. The van der Waals surface area contributed by atoms with E-state index in [2.05, 4.69) is 52.0 Å². The van der Waals surface area contributed by atoms with E-state index in [9.17, 15) is 0 Å². The van der Waals surface area contributed by atoms with Crippen LogP contribution < -0.4 is 10.6 Å². The molecule has 0 radical (unpaired) electrons. The highest BCUT2D eigenvalue weighted by molar-refractivity contribution is 7.73. The summed E-state index contributed by atoms with van der Waals surface area (Å²) in [5.41, 5.74) is 1.99.